The fourth-order valence-corrected chi connectivity index (χ4v) is 2.61. The molecule has 0 saturated carbocycles. The highest BCUT2D eigenvalue weighted by Crippen LogP contribution is 2.25. The van der Waals surface area contributed by atoms with E-state index in [1.165, 1.54) is 44.6 Å². The van der Waals surface area contributed by atoms with Gasteiger partial charge in [-0.25, -0.2) is 9.59 Å². The molecule has 0 atom stereocenters. The number of carbonyl (C=O) groups is 2. The van der Waals surface area contributed by atoms with Crippen molar-refractivity contribution in [2.24, 2.45) is 0 Å². The smallest absolute Gasteiger partial charge is 0.343 e. The largest absolute Gasteiger partial charge is 0.507 e. The highest BCUT2D eigenvalue weighted by Gasteiger charge is 2.14. The Bertz CT molecular complexity index is 782. The Morgan fingerprint density at radius 2 is 1.57 bits per heavy atom. The van der Waals surface area contributed by atoms with Crippen LogP contribution in [-0.2, 0) is 4.74 Å². The van der Waals surface area contributed by atoms with Crippen LogP contribution in [0.15, 0.2) is 42.5 Å². The fourth-order valence-electron chi connectivity index (χ4n) is 2.61. The third kappa shape index (κ3) is 6.30. The van der Waals surface area contributed by atoms with E-state index in [1.54, 1.807) is 24.3 Å². The first-order valence-corrected chi connectivity index (χ1v) is 9.41. The number of phenols is 1. The van der Waals surface area contributed by atoms with Crippen molar-refractivity contribution in [3.8, 4) is 17.2 Å². The summed E-state index contributed by atoms with van der Waals surface area (Å²) in [5, 5.41) is 9.85. The first kappa shape index (κ1) is 21.3. The van der Waals surface area contributed by atoms with E-state index >= 15 is 0 Å². The van der Waals surface area contributed by atoms with Crippen molar-refractivity contribution in [1.82, 2.24) is 0 Å². The molecular weight excluding hydrogens is 360 g/mol. The lowest BCUT2D eigenvalue weighted by Gasteiger charge is -2.09. The molecule has 0 aliphatic heterocycles. The van der Waals surface area contributed by atoms with Gasteiger partial charge in [-0.2, -0.15) is 0 Å². The maximum atomic E-state index is 12.2. The van der Waals surface area contributed by atoms with Crippen LogP contribution < -0.4 is 9.47 Å². The average Bonchev–Trinajstić information content (AvgIpc) is 2.70. The molecule has 0 bridgehead atoms. The summed E-state index contributed by atoms with van der Waals surface area (Å²) >= 11 is 0. The number of ether oxygens (including phenoxy) is 3. The van der Waals surface area contributed by atoms with Gasteiger partial charge in [-0.3, -0.25) is 0 Å². The van der Waals surface area contributed by atoms with Crippen molar-refractivity contribution >= 4 is 11.9 Å². The molecule has 6 nitrogen and oxygen atoms in total. The minimum atomic E-state index is -0.670. The molecule has 6 heteroatoms. The summed E-state index contributed by atoms with van der Waals surface area (Å²) in [6.07, 6.45) is 5.85. The molecule has 1 N–H and O–H groups in total. The number of rotatable bonds is 10. The molecule has 0 saturated heterocycles. The van der Waals surface area contributed by atoms with Gasteiger partial charge in [0.15, 0.2) is 0 Å². The molecular formula is C22H26O6. The van der Waals surface area contributed by atoms with Crippen LogP contribution in [0, 0.1) is 0 Å². The normalized spacial score (nSPS) is 10.4. The third-order valence-electron chi connectivity index (χ3n) is 4.19. The van der Waals surface area contributed by atoms with Crippen LogP contribution in [0.2, 0.25) is 0 Å². The molecule has 0 aliphatic carbocycles. The lowest BCUT2D eigenvalue weighted by atomic mass is 10.2. The van der Waals surface area contributed by atoms with Crippen molar-refractivity contribution < 1.29 is 28.9 Å². The van der Waals surface area contributed by atoms with E-state index in [-0.39, 0.29) is 17.1 Å². The summed E-state index contributed by atoms with van der Waals surface area (Å²) in [5.41, 5.74) is 0.352. The second-order valence-electron chi connectivity index (χ2n) is 6.35. The van der Waals surface area contributed by atoms with Gasteiger partial charge in [0.05, 0.1) is 19.3 Å². The Labute approximate surface area is 165 Å². The molecule has 0 fully saturated rings. The van der Waals surface area contributed by atoms with Gasteiger partial charge in [0.2, 0.25) is 0 Å². The quantitative estimate of drug-likeness (QED) is 0.361. The molecule has 28 heavy (non-hydrogen) atoms. The van der Waals surface area contributed by atoms with E-state index < -0.39 is 11.9 Å². The topological polar surface area (TPSA) is 82.1 Å². The minimum absolute atomic E-state index is 0.00139. The first-order valence-electron chi connectivity index (χ1n) is 9.41. The Balaban J connectivity index is 1.87. The van der Waals surface area contributed by atoms with Crippen LogP contribution >= 0.6 is 0 Å². The molecule has 0 radical (unpaired) electrons. The second-order valence-corrected chi connectivity index (χ2v) is 6.35. The molecule has 2 rings (SSSR count). The summed E-state index contributed by atoms with van der Waals surface area (Å²) in [4.78, 5) is 23.7. The maximum Gasteiger partial charge on any atom is 0.343 e. The summed E-state index contributed by atoms with van der Waals surface area (Å²) in [6, 6.07) is 10.6. The van der Waals surface area contributed by atoms with Crippen LogP contribution in [0.1, 0.15) is 59.7 Å². The third-order valence-corrected chi connectivity index (χ3v) is 4.19. The molecule has 0 aromatic heterocycles. The Hall–Kier alpha value is -3.02. The molecule has 0 unspecified atom stereocenters. The number of hydrogen-bond donors (Lipinski definition) is 1. The zero-order valence-electron chi connectivity index (χ0n) is 16.3. The number of carbonyl (C=O) groups excluding carboxylic acids is 2. The van der Waals surface area contributed by atoms with Crippen LogP contribution in [0.25, 0.3) is 0 Å². The first-order chi connectivity index (χ1) is 13.5. The van der Waals surface area contributed by atoms with Gasteiger partial charge in [-0.05, 0) is 42.8 Å². The van der Waals surface area contributed by atoms with E-state index in [1.807, 2.05) is 0 Å². The number of benzene rings is 2. The maximum absolute atomic E-state index is 12.2. The lowest BCUT2D eigenvalue weighted by Crippen LogP contribution is -2.09. The highest BCUT2D eigenvalue weighted by atomic mass is 16.5. The summed E-state index contributed by atoms with van der Waals surface area (Å²) in [5.74, 6) is -0.734. The van der Waals surface area contributed by atoms with Gasteiger partial charge >= 0.3 is 11.9 Å². The predicted molar refractivity (Wildman–Crippen MR) is 105 cm³/mol. The number of phenolic OH excluding ortho intramolecular Hbond substituents is 1. The number of esters is 2. The van der Waals surface area contributed by atoms with Gasteiger partial charge in [-0.1, -0.05) is 32.6 Å². The predicted octanol–water partition coefficient (Wildman–Crippen LogP) is 4.75. The number of unbranched alkanes of at least 4 members (excludes halogenated alkanes) is 4. The Kier molecular flexibility index (Phi) is 8.34. The molecule has 0 spiro atoms. The van der Waals surface area contributed by atoms with Crippen LogP contribution in [-0.4, -0.2) is 30.8 Å². The van der Waals surface area contributed by atoms with E-state index in [0.29, 0.717) is 17.9 Å². The van der Waals surface area contributed by atoms with Gasteiger partial charge in [-0.15, -0.1) is 0 Å². The number of methoxy groups -OCH3 is 1. The van der Waals surface area contributed by atoms with Crippen molar-refractivity contribution in [2.45, 2.75) is 39.0 Å². The minimum Gasteiger partial charge on any atom is -0.507 e. The van der Waals surface area contributed by atoms with E-state index in [4.69, 9.17) is 9.47 Å². The second kappa shape index (κ2) is 11.0. The molecule has 0 heterocycles. The lowest BCUT2D eigenvalue weighted by molar-refractivity contribution is 0.0597. The van der Waals surface area contributed by atoms with Gasteiger partial charge in [0.1, 0.15) is 22.8 Å². The Morgan fingerprint density at radius 1 is 0.893 bits per heavy atom. The van der Waals surface area contributed by atoms with E-state index in [0.717, 1.165) is 12.8 Å². The van der Waals surface area contributed by atoms with Crippen LogP contribution in [0.3, 0.4) is 0 Å². The zero-order chi connectivity index (χ0) is 20.4. The van der Waals surface area contributed by atoms with E-state index in [9.17, 15) is 14.7 Å². The van der Waals surface area contributed by atoms with E-state index in [2.05, 4.69) is 11.7 Å². The standard InChI is InChI=1S/C22H26O6/c1-3-4-5-6-7-14-27-17-10-8-16(9-11-17)21(24)28-18-12-13-19(20(23)15-18)22(25)26-2/h8-13,15,23H,3-7,14H2,1-2H3. The average molecular weight is 386 g/mol. The number of hydrogen-bond acceptors (Lipinski definition) is 6. The van der Waals surface area contributed by atoms with Gasteiger partial charge < -0.3 is 19.3 Å². The molecule has 0 aliphatic rings. The Morgan fingerprint density at radius 3 is 2.21 bits per heavy atom. The molecule has 150 valence electrons. The summed E-state index contributed by atoms with van der Waals surface area (Å²) in [7, 11) is 1.22. The summed E-state index contributed by atoms with van der Waals surface area (Å²) < 4.78 is 15.5. The molecule has 0 amide bonds. The van der Waals surface area contributed by atoms with Crippen molar-refractivity contribution in [3.63, 3.8) is 0 Å². The van der Waals surface area contributed by atoms with Gasteiger partial charge in [0, 0.05) is 6.07 Å². The zero-order valence-corrected chi connectivity index (χ0v) is 16.3. The van der Waals surface area contributed by atoms with Crippen molar-refractivity contribution in [3.05, 3.63) is 53.6 Å². The monoisotopic (exact) mass is 386 g/mol. The van der Waals surface area contributed by atoms with Crippen molar-refractivity contribution in [2.75, 3.05) is 13.7 Å². The van der Waals surface area contributed by atoms with Crippen molar-refractivity contribution in [1.29, 1.82) is 0 Å². The van der Waals surface area contributed by atoms with Crippen LogP contribution in [0.4, 0.5) is 0 Å². The fraction of sp³-hybridized carbons (Fsp3) is 0.364. The summed E-state index contributed by atoms with van der Waals surface area (Å²) in [6.45, 7) is 2.84. The van der Waals surface area contributed by atoms with Gasteiger partial charge in [0.25, 0.3) is 0 Å². The molecule has 2 aromatic rings. The SMILES string of the molecule is CCCCCCCOc1ccc(C(=O)Oc2ccc(C(=O)OC)c(O)c2)cc1. The highest BCUT2D eigenvalue weighted by molar-refractivity contribution is 5.93. The van der Waals surface area contributed by atoms with Crippen LogP contribution in [0.5, 0.6) is 17.2 Å². The number of aromatic hydroxyl groups is 1. The molecule has 2 aromatic carbocycles.